The predicted molar refractivity (Wildman–Crippen MR) is 184 cm³/mol. The lowest BCUT2D eigenvalue weighted by Gasteiger charge is -2.45. The molecule has 4 aromatic rings. The minimum Gasteiger partial charge on any atom is -0.508 e. The van der Waals surface area contributed by atoms with Gasteiger partial charge < -0.3 is 45.2 Å². The molecule has 2 heterocycles. The van der Waals surface area contributed by atoms with Crippen LogP contribution in [0.5, 0.6) is 46.0 Å². The van der Waals surface area contributed by atoms with Gasteiger partial charge in [0.2, 0.25) is 11.4 Å². The van der Waals surface area contributed by atoms with Crippen LogP contribution in [-0.4, -0.2) is 53.1 Å². The minimum atomic E-state index is -2.63. The van der Waals surface area contributed by atoms with Crippen molar-refractivity contribution in [2.75, 3.05) is 0 Å². The van der Waals surface area contributed by atoms with Crippen LogP contribution in [0, 0.1) is 5.92 Å². The van der Waals surface area contributed by atoms with Crippen LogP contribution >= 0.6 is 0 Å². The number of rotatable bonds is 6. The Morgan fingerprint density at radius 3 is 2.24 bits per heavy atom. The number of carbonyl (C=O) groups is 2. The van der Waals surface area contributed by atoms with Gasteiger partial charge in [-0.3, -0.25) is 9.59 Å². The maximum atomic E-state index is 14.7. The average Bonchev–Trinajstić information content (AvgIpc) is 3.32. The van der Waals surface area contributed by atoms with E-state index >= 15 is 0 Å². The SMILES string of the molecule is CC(C)=CC[C@@]12Oc3c(c(O)cc(O)c3[C@@H]3C=C(C)C[C@H](c4ccc(O)cc4O)[C@H]3C(=O)c3ccc(O)cc3O)C(=O)[C@]1(O)Oc1ccccc12. The molecule has 0 saturated heterocycles. The Morgan fingerprint density at radius 1 is 0.863 bits per heavy atom. The number of hydrogen-bond donors (Lipinski definition) is 7. The molecular formula is C40H36O11. The predicted octanol–water partition coefficient (Wildman–Crippen LogP) is 6.54. The van der Waals surface area contributed by atoms with Crippen molar-refractivity contribution in [1.29, 1.82) is 0 Å². The number of aliphatic hydroxyl groups is 1. The van der Waals surface area contributed by atoms with E-state index in [0.29, 0.717) is 11.1 Å². The average molecular weight is 693 g/mol. The molecule has 4 aromatic carbocycles. The van der Waals surface area contributed by atoms with E-state index in [1.165, 1.54) is 24.3 Å². The summed E-state index contributed by atoms with van der Waals surface area (Å²) in [6, 6.07) is 15.1. The molecule has 7 N–H and O–H groups in total. The Kier molecular flexibility index (Phi) is 7.79. The van der Waals surface area contributed by atoms with Gasteiger partial charge in [0.05, 0.1) is 5.56 Å². The number of ether oxygens (including phenoxy) is 2. The summed E-state index contributed by atoms with van der Waals surface area (Å²) in [5.74, 6) is -10.0. The van der Waals surface area contributed by atoms with Crippen molar-refractivity contribution in [3.8, 4) is 46.0 Å². The number of fused-ring (bicyclic) bond motifs is 4. The number of aromatic hydroxyl groups is 6. The molecule has 262 valence electrons. The molecule has 51 heavy (non-hydrogen) atoms. The van der Waals surface area contributed by atoms with Crippen molar-refractivity contribution < 1.29 is 54.8 Å². The van der Waals surface area contributed by atoms with Crippen molar-refractivity contribution in [3.63, 3.8) is 0 Å². The lowest BCUT2D eigenvalue weighted by molar-refractivity contribution is -0.202. The van der Waals surface area contributed by atoms with E-state index in [9.17, 15) is 45.3 Å². The zero-order valence-electron chi connectivity index (χ0n) is 27.9. The number of benzene rings is 4. The number of phenols is 6. The zero-order valence-corrected chi connectivity index (χ0v) is 27.9. The molecule has 11 heteroatoms. The molecule has 11 nitrogen and oxygen atoms in total. The Bertz CT molecular complexity index is 2200. The van der Waals surface area contributed by atoms with E-state index in [1.54, 1.807) is 43.3 Å². The molecule has 3 aliphatic rings. The van der Waals surface area contributed by atoms with Crippen LogP contribution in [0.25, 0.3) is 0 Å². The van der Waals surface area contributed by atoms with Crippen molar-refractivity contribution in [2.24, 2.45) is 5.92 Å². The summed E-state index contributed by atoms with van der Waals surface area (Å²) in [7, 11) is 0. The second-order valence-corrected chi connectivity index (χ2v) is 13.7. The van der Waals surface area contributed by atoms with E-state index < -0.39 is 63.5 Å². The van der Waals surface area contributed by atoms with E-state index in [4.69, 9.17) is 9.47 Å². The smallest absolute Gasteiger partial charge is 0.318 e. The lowest BCUT2D eigenvalue weighted by Crippen LogP contribution is -2.62. The standard InChI is InChI=1S/C40H36O11/c1-19(2)12-13-39-27-6-4-5-7-32(27)50-40(39,49)38(48)35-31(46)18-30(45)34(37(35)51-39)26-15-20(3)14-25(23-10-8-21(41)16-28(23)43)33(26)36(47)24-11-9-22(42)17-29(24)44/h4-12,15-18,25-26,33,41-46,49H,13-14H2,1-3H3/t25-,26-,33-,39+,40+/m1/s1. The van der Waals surface area contributed by atoms with Crippen molar-refractivity contribution in [1.82, 2.24) is 0 Å². The van der Waals surface area contributed by atoms with Gasteiger partial charge in [0.25, 0.3) is 0 Å². The van der Waals surface area contributed by atoms with Gasteiger partial charge in [-0.05, 0) is 57.0 Å². The fourth-order valence-corrected chi connectivity index (χ4v) is 7.81. The van der Waals surface area contributed by atoms with Crippen molar-refractivity contribution in [2.45, 2.75) is 56.8 Å². The molecule has 0 aromatic heterocycles. The lowest BCUT2D eigenvalue weighted by atomic mass is 9.64. The molecule has 1 aliphatic carbocycles. The number of phenolic OH excluding ortho intramolecular Hbond substituents is 6. The van der Waals surface area contributed by atoms with E-state index in [-0.39, 0.29) is 52.7 Å². The van der Waals surface area contributed by atoms with E-state index in [2.05, 4.69) is 0 Å². The Balaban J connectivity index is 1.50. The molecule has 0 amide bonds. The third-order valence-electron chi connectivity index (χ3n) is 10.1. The summed E-state index contributed by atoms with van der Waals surface area (Å²) in [5.41, 5.74) is -0.362. The monoisotopic (exact) mass is 692 g/mol. The zero-order chi connectivity index (χ0) is 36.6. The van der Waals surface area contributed by atoms with E-state index in [1.807, 2.05) is 13.8 Å². The highest BCUT2D eigenvalue weighted by Crippen LogP contribution is 2.61. The van der Waals surface area contributed by atoms with Gasteiger partial charge in [-0.1, -0.05) is 47.6 Å². The Morgan fingerprint density at radius 2 is 1.55 bits per heavy atom. The van der Waals surface area contributed by atoms with Crippen LogP contribution in [-0.2, 0) is 5.60 Å². The number of carbonyl (C=O) groups excluding carboxylic acids is 2. The molecule has 0 bridgehead atoms. The normalized spacial score (nSPS) is 24.7. The molecule has 0 spiro atoms. The van der Waals surface area contributed by atoms with Gasteiger partial charge in [-0.2, -0.15) is 0 Å². The van der Waals surface area contributed by atoms with Gasteiger partial charge >= 0.3 is 5.79 Å². The summed E-state index contributed by atoms with van der Waals surface area (Å²) >= 11 is 0. The molecule has 0 fully saturated rings. The summed E-state index contributed by atoms with van der Waals surface area (Å²) in [5, 5.41) is 77.1. The molecule has 0 unspecified atom stereocenters. The van der Waals surface area contributed by atoms with Crippen molar-refractivity contribution >= 4 is 11.6 Å². The third-order valence-corrected chi connectivity index (χ3v) is 10.1. The van der Waals surface area contributed by atoms with Gasteiger partial charge in [0.1, 0.15) is 51.6 Å². The quantitative estimate of drug-likeness (QED) is 0.0856. The summed E-state index contributed by atoms with van der Waals surface area (Å²) in [4.78, 5) is 29.3. The first-order valence-electron chi connectivity index (χ1n) is 16.4. The first-order chi connectivity index (χ1) is 24.2. The van der Waals surface area contributed by atoms with Gasteiger partial charge in [-0.15, -0.1) is 0 Å². The topological polar surface area (TPSA) is 194 Å². The minimum absolute atomic E-state index is 0.0573. The highest BCUT2D eigenvalue weighted by molar-refractivity contribution is 6.09. The maximum Gasteiger partial charge on any atom is 0.318 e. The van der Waals surface area contributed by atoms with Crippen molar-refractivity contribution in [3.05, 3.63) is 118 Å². The number of Topliss-reactive ketones (excluding diaryl/α,β-unsaturated/α-hetero) is 2. The summed E-state index contributed by atoms with van der Waals surface area (Å²) in [6.45, 7) is 5.47. The van der Waals surface area contributed by atoms with Crippen LogP contribution < -0.4 is 9.47 Å². The summed E-state index contributed by atoms with van der Waals surface area (Å²) < 4.78 is 12.7. The highest BCUT2D eigenvalue weighted by atomic mass is 16.7. The van der Waals surface area contributed by atoms with Crippen LogP contribution in [0.3, 0.4) is 0 Å². The van der Waals surface area contributed by atoms with Gasteiger partial charge in [0, 0.05) is 53.5 Å². The Labute approximate surface area is 292 Å². The number of hydrogen-bond acceptors (Lipinski definition) is 11. The number of ketones is 2. The van der Waals surface area contributed by atoms with Gasteiger partial charge in [0.15, 0.2) is 5.78 Å². The largest absolute Gasteiger partial charge is 0.508 e. The van der Waals surface area contributed by atoms with Crippen LogP contribution in [0.15, 0.2) is 90.0 Å². The fraction of sp³-hybridized carbons (Fsp3) is 0.250. The molecule has 0 saturated carbocycles. The molecule has 0 radical (unpaired) electrons. The Hall–Kier alpha value is -5.94. The second-order valence-electron chi connectivity index (χ2n) is 13.7. The summed E-state index contributed by atoms with van der Waals surface area (Å²) in [6.07, 6.45) is 3.66. The first kappa shape index (κ1) is 33.6. The molecule has 7 rings (SSSR count). The van der Waals surface area contributed by atoms with Crippen LogP contribution in [0.1, 0.15) is 82.9 Å². The number of para-hydroxylation sites is 1. The molecule has 2 aliphatic heterocycles. The fourth-order valence-electron chi connectivity index (χ4n) is 7.81. The first-order valence-corrected chi connectivity index (χ1v) is 16.4. The maximum absolute atomic E-state index is 14.7. The van der Waals surface area contributed by atoms with Gasteiger partial charge in [-0.25, -0.2) is 0 Å². The van der Waals surface area contributed by atoms with Crippen LogP contribution in [0.2, 0.25) is 0 Å². The second kappa shape index (κ2) is 11.8. The van der Waals surface area contributed by atoms with E-state index in [0.717, 1.165) is 29.3 Å². The molecule has 5 atom stereocenters. The number of allylic oxidation sites excluding steroid dienone is 3. The highest BCUT2D eigenvalue weighted by Gasteiger charge is 2.70. The molecular weight excluding hydrogens is 656 g/mol. The van der Waals surface area contributed by atoms with Crippen LogP contribution in [0.4, 0.5) is 0 Å². The third kappa shape index (κ3) is 5.06.